The third-order valence-electron chi connectivity index (χ3n) is 4.42. The van der Waals surface area contributed by atoms with Crippen molar-refractivity contribution in [2.24, 2.45) is 0 Å². The molecule has 0 fully saturated rings. The summed E-state index contributed by atoms with van der Waals surface area (Å²) in [6.45, 7) is 2.05. The van der Waals surface area contributed by atoms with Crippen molar-refractivity contribution in [3.63, 3.8) is 0 Å². The number of rotatable bonds is 4. The minimum absolute atomic E-state index is 0.0681. The molecule has 1 unspecified atom stereocenters. The van der Waals surface area contributed by atoms with Crippen LogP contribution in [0, 0.1) is 0 Å². The second kappa shape index (κ2) is 6.48. The lowest BCUT2D eigenvalue weighted by Crippen LogP contribution is -2.21. The zero-order chi connectivity index (χ0) is 17.4. The average Bonchev–Trinajstić information content (AvgIpc) is 3.01. The van der Waals surface area contributed by atoms with Gasteiger partial charge in [0.15, 0.2) is 5.78 Å². The van der Waals surface area contributed by atoms with E-state index in [-0.39, 0.29) is 11.7 Å². The van der Waals surface area contributed by atoms with E-state index in [4.69, 9.17) is 4.74 Å². The molecule has 7 heteroatoms. The smallest absolute Gasteiger partial charge is 0.253 e. The lowest BCUT2D eigenvalue weighted by molar-refractivity contribution is 0.0962. The molecule has 0 aliphatic heterocycles. The molecule has 128 valence electrons. The maximum atomic E-state index is 12.7. The topological polar surface area (TPSA) is 69.4 Å². The number of carbonyl (C=O) groups is 1. The number of hydrogen-bond acceptors (Lipinski definition) is 6. The third kappa shape index (κ3) is 2.89. The normalized spacial score (nSPS) is 16.9. The molecule has 25 heavy (non-hydrogen) atoms. The number of nitrogens with zero attached hydrogens (tertiary/aromatic N) is 4. The van der Waals surface area contributed by atoms with Gasteiger partial charge in [-0.25, -0.2) is 9.50 Å². The second-order valence-corrected chi connectivity index (χ2v) is 7.17. The summed E-state index contributed by atoms with van der Waals surface area (Å²) in [5.41, 5.74) is 2.49. The van der Waals surface area contributed by atoms with Crippen LogP contribution in [0.2, 0.25) is 0 Å². The van der Waals surface area contributed by atoms with Crippen LogP contribution in [0.25, 0.3) is 5.78 Å². The Balaban J connectivity index is 1.74. The number of methoxy groups -OCH3 is 1. The molecule has 0 radical (unpaired) electrons. The van der Waals surface area contributed by atoms with E-state index in [9.17, 15) is 4.79 Å². The molecule has 0 bridgehead atoms. The lowest BCUT2D eigenvalue weighted by Gasteiger charge is -2.24. The van der Waals surface area contributed by atoms with Crippen molar-refractivity contribution >= 4 is 23.3 Å². The fourth-order valence-corrected chi connectivity index (χ4v) is 3.83. The van der Waals surface area contributed by atoms with Gasteiger partial charge in [0, 0.05) is 18.5 Å². The fraction of sp³-hybridized carbons (Fsp3) is 0.333. The van der Waals surface area contributed by atoms with Crippen molar-refractivity contribution in [2.75, 3.05) is 12.9 Å². The van der Waals surface area contributed by atoms with Crippen molar-refractivity contribution in [1.82, 2.24) is 19.6 Å². The zero-order valence-electron chi connectivity index (χ0n) is 14.1. The fourth-order valence-electron chi connectivity index (χ4n) is 3.28. The van der Waals surface area contributed by atoms with Crippen molar-refractivity contribution < 1.29 is 9.53 Å². The predicted octanol–water partition coefficient (Wildman–Crippen LogP) is 3.16. The third-order valence-corrected chi connectivity index (χ3v) is 5.14. The number of thioether (sulfide) groups is 1. The van der Waals surface area contributed by atoms with Gasteiger partial charge in [0.1, 0.15) is 5.75 Å². The van der Waals surface area contributed by atoms with Crippen molar-refractivity contribution in [2.45, 2.75) is 30.8 Å². The molecule has 1 atom stereocenters. The highest BCUT2D eigenvalue weighted by Crippen LogP contribution is 2.36. The second-order valence-electron chi connectivity index (χ2n) is 5.94. The van der Waals surface area contributed by atoms with Gasteiger partial charge in [-0.1, -0.05) is 36.9 Å². The molecule has 4 rings (SSSR count). The van der Waals surface area contributed by atoms with Crippen molar-refractivity contribution in [1.29, 1.82) is 0 Å². The molecule has 0 saturated carbocycles. The van der Waals surface area contributed by atoms with Gasteiger partial charge in [-0.05, 0) is 23.8 Å². The minimum Gasteiger partial charge on any atom is -0.496 e. The van der Waals surface area contributed by atoms with Gasteiger partial charge in [-0.15, -0.1) is 5.10 Å². The summed E-state index contributed by atoms with van der Waals surface area (Å²) >= 11 is 1.56. The van der Waals surface area contributed by atoms with Gasteiger partial charge >= 0.3 is 0 Å². The van der Waals surface area contributed by atoms with E-state index in [1.54, 1.807) is 29.6 Å². The first-order valence-corrected chi connectivity index (χ1v) is 9.23. The average molecular weight is 354 g/mol. The van der Waals surface area contributed by atoms with Crippen LogP contribution in [0.15, 0.2) is 35.6 Å². The molecular formula is C18H18N4O2S. The van der Waals surface area contributed by atoms with Gasteiger partial charge in [-0.2, -0.15) is 4.98 Å². The summed E-state index contributed by atoms with van der Waals surface area (Å²) < 4.78 is 7.07. The summed E-state index contributed by atoms with van der Waals surface area (Å²) in [5, 5.41) is 5.07. The van der Waals surface area contributed by atoms with Crippen LogP contribution in [-0.2, 0) is 6.42 Å². The van der Waals surface area contributed by atoms with E-state index in [1.165, 1.54) is 0 Å². The predicted molar refractivity (Wildman–Crippen MR) is 95.6 cm³/mol. The monoisotopic (exact) mass is 354 g/mol. The molecule has 1 aliphatic rings. The Bertz CT molecular complexity index is 953. The number of hydrogen-bond donors (Lipinski definition) is 0. The van der Waals surface area contributed by atoms with Gasteiger partial charge < -0.3 is 4.74 Å². The Hall–Kier alpha value is -2.41. The van der Waals surface area contributed by atoms with Gasteiger partial charge in [0.05, 0.1) is 18.4 Å². The van der Waals surface area contributed by atoms with Gasteiger partial charge in [0.25, 0.3) is 5.78 Å². The summed E-state index contributed by atoms with van der Waals surface area (Å²) in [6.07, 6.45) is 2.91. The highest BCUT2D eigenvalue weighted by atomic mass is 32.2. The van der Waals surface area contributed by atoms with Crippen molar-refractivity contribution in [3.05, 3.63) is 47.3 Å². The Morgan fingerprint density at radius 1 is 1.28 bits per heavy atom. The number of ether oxygens (including phenoxy) is 1. The summed E-state index contributed by atoms with van der Waals surface area (Å²) in [5.74, 6) is 2.41. The summed E-state index contributed by atoms with van der Waals surface area (Å²) in [4.78, 5) is 21.7. The maximum absolute atomic E-state index is 12.7. The minimum atomic E-state index is 0.0681. The first kappa shape index (κ1) is 16.1. The largest absolute Gasteiger partial charge is 0.496 e. The SMILES string of the molecule is CCSc1nc2nc3c(cn2n1)C(=O)CC(c1ccccc1OC)C3. The highest BCUT2D eigenvalue weighted by Gasteiger charge is 2.30. The van der Waals surface area contributed by atoms with E-state index in [2.05, 4.69) is 22.0 Å². The number of aromatic nitrogens is 4. The Morgan fingerprint density at radius 3 is 2.92 bits per heavy atom. The highest BCUT2D eigenvalue weighted by molar-refractivity contribution is 7.99. The molecule has 0 N–H and O–H groups in total. The molecule has 2 aromatic heterocycles. The standard InChI is InChI=1S/C18H18N4O2S/c1-3-25-18-20-17-19-14-8-11(12-6-4-5-7-16(12)24-2)9-15(23)13(14)10-22(17)21-18/h4-7,10-11H,3,8-9H2,1-2H3. The van der Waals surface area contributed by atoms with E-state index in [0.29, 0.717) is 29.3 Å². The molecule has 0 spiro atoms. The molecule has 6 nitrogen and oxygen atoms in total. The quantitative estimate of drug-likeness (QED) is 0.670. The van der Waals surface area contributed by atoms with E-state index in [0.717, 1.165) is 22.8 Å². The zero-order valence-corrected chi connectivity index (χ0v) is 14.9. The van der Waals surface area contributed by atoms with Crippen LogP contribution >= 0.6 is 11.8 Å². The van der Waals surface area contributed by atoms with Gasteiger partial charge in [0.2, 0.25) is 5.16 Å². The molecule has 3 aromatic rings. The van der Waals surface area contributed by atoms with E-state index < -0.39 is 0 Å². The first-order valence-electron chi connectivity index (χ1n) is 8.24. The Labute approximate surface area is 149 Å². The van der Waals surface area contributed by atoms with Crippen LogP contribution in [-0.4, -0.2) is 38.2 Å². The van der Waals surface area contributed by atoms with Crippen LogP contribution in [0.5, 0.6) is 5.75 Å². The van der Waals surface area contributed by atoms with Crippen molar-refractivity contribution in [3.8, 4) is 5.75 Å². The molecule has 2 heterocycles. The number of carbonyl (C=O) groups excluding carboxylic acids is 1. The number of ketones is 1. The molecule has 0 amide bonds. The molecular weight excluding hydrogens is 336 g/mol. The number of para-hydroxylation sites is 1. The summed E-state index contributed by atoms with van der Waals surface area (Å²) in [6, 6.07) is 7.86. The number of fused-ring (bicyclic) bond motifs is 2. The van der Waals surface area contributed by atoms with Crippen LogP contribution in [0.3, 0.4) is 0 Å². The molecule has 0 saturated heterocycles. The Morgan fingerprint density at radius 2 is 2.12 bits per heavy atom. The van der Waals surface area contributed by atoms with E-state index >= 15 is 0 Å². The van der Waals surface area contributed by atoms with Crippen LogP contribution < -0.4 is 4.74 Å². The van der Waals surface area contributed by atoms with Gasteiger partial charge in [-0.3, -0.25) is 4.79 Å². The number of benzene rings is 1. The number of Topliss-reactive ketones (excluding diaryl/α,β-unsaturated/α-hetero) is 1. The van der Waals surface area contributed by atoms with Crippen LogP contribution in [0.4, 0.5) is 0 Å². The van der Waals surface area contributed by atoms with E-state index in [1.807, 2.05) is 24.3 Å². The first-order chi connectivity index (χ1) is 12.2. The summed E-state index contributed by atoms with van der Waals surface area (Å²) in [7, 11) is 1.66. The lowest BCUT2D eigenvalue weighted by atomic mass is 9.82. The molecule has 1 aromatic carbocycles. The van der Waals surface area contributed by atoms with Crippen LogP contribution in [0.1, 0.15) is 40.9 Å². The Kier molecular flexibility index (Phi) is 4.17. The maximum Gasteiger partial charge on any atom is 0.253 e. The molecule has 1 aliphatic carbocycles.